The Bertz CT molecular complexity index is 388. The molecule has 0 atom stereocenters. The largest absolute Gasteiger partial charge is 0.264 e. The maximum Gasteiger partial charge on any atom is 0.134 e. The monoisotopic (exact) mass is 325 g/mol. The van der Waals surface area contributed by atoms with Gasteiger partial charge in [-0.3, -0.25) is 4.98 Å². The first-order valence-electron chi connectivity index (χ1n) is 5.49. The fourth-order valence-electron chi connectivity index (χ4n) is 1.58. The smallest absolute Gasteiger partial charge is 0.134 e. The molecule has 112 valence electrons. The Balaban J connectivity index is 0.000000224. The van der Waals surface area contributed by atoms with Crippen LogP contribution in [0.15, 0.2) is 24.5 Å². The Morgan fingerprint density at radius 3 is 2.00 bits per heavy atom. The van der Waals surface area contributed by atoms with E-state index in [1.54, 1.807) is 0 Å². The second-order valence-corrected chi connectivity index (χ2v) is 8.44. The molecule has 1 aliphatic heterocycles. The van der Waals surface area contributed by atoms with Crippen LogP contribution in [0.1, 0.15) is 18.4 Å². The van der Waals surface area contributed by atoms with Gasteiger partial charge in [-0.15, -0.1) is 0 Å². The van der Waals surface area contributed by atoms with E-state index >= 15 is 0 Å². The van der Waals surface area contributed by atoms with Crippen molar-refractivity contribution in [2.75, 3.05) is 11.5 Å². The summed E-state index contributed by atoms with van der Waals surface area (Å²) in [5.74, 6) is 4.18. The van der Waals surface area contributed by atoms with Crippen LogP contribution in [-0.4, -0.2) is 16.5 Å². The minimum Gasteiger partial charge on any atom is -0.264 e. The average molecular weight is 325 g/mol. The third-order valence-electron chi connectivity index (χ3n) is 2.21. The van der Waals surface area contributed by atoms with Crippen molar-refractivity contribution in [1.82, 2.24) is 4.98 Å². The molecule has 0 radical (unpaired) electrons. The van der Waals surface area contributed by atoms with Gasteiger partial charge in [0.25, 0.3) is 0 Å². The van der Waals surface area contributed by atoms with E-state index in [4.69, 9.17) is 0 Å². The molecule has 1 nitrogen and oxygen atoms in total. The molecule has 1 fully saturated rings. The first-order chi connectivity index (χ1) is 8.40. The molecule has 2 rings (SSSR count). The van der Waals surface area contributed by atoms with Gasteiger partial charge < -0.3 is 0 Å². The number of nitrogens with zero attached hydrogens (tertiary/aromatic N) is 1. The molecule has 1 aromatic heterocycles. The summed E-state index contributed by atoms with van der Waals surface area (Å²) in [5.41, 5.74) is 1.42. The van der Waals surface area contributed by atoms with E-state index in [1.165, 1.54) is 35.7 Å². The molecule has 0 saturated carbocycles. The third kappa shape index (κ3) is 12.3. The Morgan fingerprint density at radius 1 is 1.05 bits per heavy atom. The molecule has 9 heteroatoms. The van der Waals surface area contributed by atoms with Crippen LogP contribution in [0.2, 0.25) is 0 Å². The molecule has 0 unspecified atom stereocenters. The summed E-state index contributed by atoms with van der Waals surface area (Å²) in [6, 6.07) is 4.23. The maximum atomic E-state index is 9.87. The van der Waals surface area contributed by atoms with Crippen molar-refractivity contribution in [3.63, 3.8) is 0 Å². The zero-order chi connectivity index (χ0) is 14.6. The van der Waals surface area contributed by atoms with Crippen molar-refractivity contribution < 1.29 is 25.2 Å². The Hall–Kier alpha value is -0.490. The summed E-state index contributed by atoms with van der Waals surface area (Å²) in [4.78, 5) is 4.13. The number of pyridine rings is 1. The first-order valence-corrected chi connectivity index (χ1v) is 9.25. The van der Waals surface area contributed by atoms with Crippen molar-refractivity contribution in [2.45, 2.75) is 18.6 Å². The standard InChI is InChI=1S/C10H14NS.F6P/c1-2-7-12(6-1)9-10-4-3-5-11-8-10;1-7(2,3,4,5)6/h3-5,8H,1-2,6-7,9H2;/q+1;-1. The van der Waals surface area contributed by atoms with Crippen molar-refractivity contribution in [3.8, 4) is 0 Å². The average Bonchev–Trinajstić information content (AvgIpc) is 2.67. The second kappa shape index (κ2) is 5.13. The fraction of sp³-hybridized carbons (Fsp3) is 0.500. The van der Waals surface area contributed by atoms with Crippen LogP contribution in [-0.2, 0) is 16.6 Å². The van der Waals surface area contributed by atoms with Crippen LogP contribution < -0.4 is 0 Å². The molecule has 0 amide bonds. The zero-order valence-electron chi connectivity index (χ0n) is 9.92. The van der Waals surface area contributed by atoms with E-state index in [1.807, 2.05) is 18.5 Å². The molecular formula is C10H14F6NPS. The van der Waals surface area contributed by atoms with Crippen LogP contribution in [0.3, 0.4) is 0 Å². The predicted molar refractivity (Wildman–Crippen MR) is 67.8 cm³/mol. The van der Waals surface area contributed by atoms with E-state index in [2.05, 4.69) is 11.1 Å². The summed E-state index contributed by atoms with van der Waals surface area (Å²) < 4.78 is 59.2. The minimum atomic E-state index is -10.7. The van der Waals surface area contributed by atoms with Gasteiger partial charge in [-0.25, -0.2) is 0 Å². The normalized spacial score (nSPS) is 20.1. The van der Waals surface area contributed by atoms with Gasteiger partial charge >= 0.3 is 33.0 Å². The number of rotatable bonds is 2. The Morgan fingerprint density at radius 2 is 1.58 bits per heavy atom. The molecule has 0 bridgehead atoms. The molecule has 0 aliphatic carbocycles. The van der Waals surface area contributed by atoms with Crippen molar-refractivity contribution in [3.05, 3.63) is 30.1 Å². The molecule has 1 aliphatic rings. The molecule has 19 heavy (non-hydrogen) atoms. The quantitative estimate of drug-likeness (QED) is 0.404. The topological polar surface area (TPSA) is 12.9 Å². The molecule has 1 saturated heterocycles. The number of hydrogen-bond donors (Lipinski definition) is 0. The van der Waals surface area contributed by atoms with Crippen LogP contribution in [0.4, 0.5) is 25.2 Å². The number of hydrogen-bond acceptors (Lipinski definition) is 1. The number of halogens is 6. The van der Waals surface area contributed by atoms with Crippen LogP contribution in [0.25, 0.3) is 0 Å². The molecule has 0 spiro atoms. The predicted octanol–water partition coefficient (Wildman–Crippen LogP) is 5.38. The summed E-state index contributed by atoms with van der Waals surface area (Å²) in [5, 5.41) is 0. The molecule has 0 N–H and O–H groups in total. The van der Waals surface area contributed by atoms with Gasteiger partial charge in [0.2, 0.25) is 0 Å². The third-order valence-corrected chi connectivity index (χ3v) is 4.68. The van der Waals surface area contributed by atoms with Gasteiger partial charge in [0.05, 0.1) is 0 Å². The SMILES string of the molecule is F[P-](F)(F)(F)(F)F.c1cncc(C[S+]2CCCC2)c1. The van der Waals surface area contributed by atoms with Gasteiger partial charge in [0, 0.05) is 18.0 Å². The van der Waals surface area contributed by atoms with Crippen LogP contribution in [0.5, 0.6) is 0 Å². The van der Waals surface area contributed by atoms with E-state index in [9.17, 15) is 25.2 Å². The van der Waals surface area contributed by atoms with E-state index in [0.29, 0.717) is 10.9 Å². The van der Waals surface area contributed by atoms with Gasteiger partial charge in [-0.2, -0.15) is 0 Å². The summed E-state index contributed by atoms with van der Waals surface area (Å²) in [6.07, 6.45) is 6.75. The molecular weight excluding hydrogens is 311 g/mol. The number of aromatic nitrogens is 1. The van der Waals surface area contributed by atoms with Crippen LogP contribution in [0, 0.1) is 0 Å². The van der Waals surface area contributed by atoms with E-state index in [0.717, 1.165) is 0 Å². The van der Waals surface area contributed by atoms with E-state index in [-0.39, 0.29) is 0 Å². The van der Waals surface area contributed by atoms with Gasteiger partial charge in [-0.05, 0) is 29.8 Å². The Labute approximate surface area is 110 Å². The van der Waals surface area contributed by atoms with Crippen molar-refractivity contribution >= 4 is 18.7 Å². The first kappa shape index (κ1) is 16.6. The summed E-state index contributed by atoms with van der Waals surface area (Å²) >= 11 is 0. The van der Waals surface area contributed by atoms with Crippen LogP contribution >= 0.6 is 7.81 Å². The van der Waals surface area contributed by atoms with E-state index < -0.39 is 7.81 Å². The summed E-state index contributed by atoms with van der Waals surface area (Å²) in [6.45, 7) is 0. The zero-order valence-corrected chi connectivity index (χ0v) is 11.6. The van der Waals surface area contributed by atoms with Gasteiger partial charge in [-0.1, -0.05) is 6.07 Å². The summed E-state index contributed by atoms with van der Waals surface area (Å²) in [7, 11) is -9.98. The molecule has 2 heterocycles. The second-order valence-electron chi connectivity index (χ2n) is 4.19. The van der Waals surface area contributed by atoms with Gasteiger partial charge in [0.15, 0.2) is 0 Å². The maximum absolute atomic E-state index is 10.7. The van der Waals surface area contributed by atoms with Crippen molar-refractivity contribution in [2.24, 2.45) is 0 Å². The molecule has 0 aromatic carbocycles. The minimum absolute atomic E-state index is 0.682. The fourth-order valence-corrected chi connectivity index (χ4v) is 3.94. The van der Waals surface area contributed by atoms with Crippen molar-refractivity contribution in [1.29, 1.82) is 0 Å². The molecule has 1 aromatic rings. The Kier molecular flexibility index (Phi) is 4.47. The van der Waals surface area contributed by atoms with Gasteiger partial charge in [0.1, 0.15) is 17.3 Å².